The van der Waals surface area contributed by atoms with Gasteiger partial charge < -0.3 is 20.1 Å². The van der Waals surface area contributed by atoms with Crippen LogP contribution in [0.25, 0.3) is 0 Å². The topological polar surface area (TPSA) is 76.7 Å². The maximum atomic E-state index is 11.7. The summed E-state index contributed by atoms with van der Waals surface area (Å²) in [6.07, 6.45) is 2.25. The first kappa shape index (κ1) is 15.9. The van der Waals surface area contributed by atoms with E-state index in [1.54, 1.807) is 14.2 Å². The second-order valence-electron chi connectivity index (χ2n) is 4.72. The highest BCUT2D eigenvalue weighted by atomic mass is 16.5. The van der Waals surface area contributed by atoms with Crippen molar-refractivity contribution in [2.24, 2.45) is 11.8 Å². The van der Waals surface area contributed by atoms with Crippen LogP contribution < -0.4 is 10.6 Å². The van der Waals surface area contributed by atoms with Crippen molar-refractivity contribution < 1.29 is 19.1 Å². The second kappa shape index (κ2) is 8.87. The van der Waals surface area contributed by atoms with E-state index in [-0.39, 0.29) is 23.7 Å². The van der Waals surface area contributed by atoms with Gasteiger partial charge in [-0.15, -0.1) is 0 Å². The predicted octanol–water partition coefficient (Wildman–Crippen LogP) is -0.0721. The van der Waals surface area contributed by atoms with E-state index in [4.69, 9.17) is 9.47 Å². The SMILES string of the molecule is COCCCNC(=O)C1CC1C(=O)NCCCOC. The van der Waals surface area contributed by atoms with Crippen molar-refractivity contribution in [2.75, 3.05) is 40.5 Å². The van der Waals surface area contributed by atoms with Crippen molar-refractivity contribution in [3.05, 3.63) is 0 Å². The normalized spacial score (nSPS) is 20.9. The van der Waals surface area contributed by atoms with Crippen molar-refractivity contribution in [1.29, 1.82) is 0 Å². The molecule has 0 aliphatic heterocycles. The summed E-state index contributed by atoms with van der Waals surface area (Å²) in [6, 6.07) is 0. The van der Waals surface area contributed by atoms with Crippen molar-refractivity contribution in [3.8, 4) is 0 Å². The molecule has 6 heteroatoms. The number of hydrogen-bond donors (Lipinski definition) is 2. The van der Waals surface area contributed by atoms with Gasteiger partial charge in [-0.1, -0.05) is 0 Å². The third kappa shape index (κ3) is 6.02. The first-order valence-electron chi connectivity index (χ1n) is 6.74. The predicted molar refractivity (Wildman–Crippen MR) is 70.6 cm³/mol. The Morgan fingerprint density at radius 3 is 1.74 bits per heavy atom. The van der Waals surface area contributed by atoms with Gasteiger partial charge in [-0.2, -0.15) is 0 Å². The molecule has 2 amide bonds. The number of nitrogens with one attached hydrogen (secondary N) is 2. The van der Waals surface area contributed by atoms with E-state index >= 15 is 0 Å². The van der Waals surface area contributed by atoms with Crippen LogP contribution >= 0.6 is 0 Å². The third-order valence-electron chi connectivity index (χ3n) is 3.11. The van der Waals surface area contributed by atoms with Crippen LogP contribution in [0.15, 0.2) is 0 Å². The maximum absolute atomic E-state index is 11.7. The smallest absolute Gasteiger partial charge is 0.223 e. The Hall–Kier alpha value is -1.14. The van der Waals surface area contributed by atoms with Crippen LogP contribution in [0.2, 0.25) is 0 Å². The van der Waals surface area contributed by atoms with E-state index < -0.39 is 0 Å². The van der Waals surface area contributed by atoms with Gasteiger partial charge in [-0.25, -0.2) is 0 Å². The van der Waals surface area contributed by atoms with Crippen LogP contribution in [0.5, 0.6) is 0 Å². The molecule has 0 aromatic heterocycles. The highest BCUT2D eigenvalue weighted by molar-refractivity contribution is 5.92. The highest BCUT2D eigenvalue weighted by Gasteiger charge is 2.47. The van der Waals surface area contributed by atoms with Gasteiger partial charge in [0.2, 0.25) is 11.8 Å². The number of methoxy groups -OCH3 is 2. The fourth-order valence-corrected chi connectivity index (χ4v) is 1.89. The van der Waals surface area contributed by atoms with Gasteiger partial charge in [0.1, 0.15) is 0 Å². The Labute approximate surface area is 114 Å². The van der Waals surface area contributed by atoms with Gasteiger partial charge in [0.05, 0.1) is 11.8 Å². The number of rotatable bonds is 10. The Bertz CT molecular complexity index is 268. The minimum Gasteiger partial charge on any atom is -0.385 e. The summed E-state index contributed by atoms with van der Waals surface area (Å²) < 4.78 is 9.80. The molecule has 1 aliphatic rings. The molecule has 0 aromatic carbocycles. The Balaban J connectivity index is 2.08. The molecule has 1 fully saturated rings. The second-order valence-corrected chi connectivity index (χ2v) is 4.72. The average molecular weight is 272 g/mol. The van der Waals surface area contributed by atoms with E-state index in [9.17, 15) is 9.59 Å². The molecule has 2 atom stereocenters. The zero-order chi connectivity index (χ0) is 14.1. The Morgan fingerprint density at radius 1 is 0.947 bits per heavy atom. The molecule has 1 saturated carbocycles. The molecule has 1 aliphatic carbocycles. The molecule has 0 heterocycles. The fraction of sp³-hybridized carbons (Fsp3) is 0.846. The first-order valence-corrected chi connectivity index (χ1v) is 6.74. The van der Waals surface area contributed by atoms with E-state index in [1.807, 2.05) is 0 Å². The van der Waals surface area contributed by atoms with Crippen LogP contribution in [-0.2, 0) is 19.1 Å². The standard InChI is InChI=1S/C13H24N2O4/c1-18-7-3-5-14-12(16)10-9-11(10)13(17)15-6-4-8-19-2/h10-11H,3-9H2,1-2H3,(H,14,16)(H,15,17). The van der Waals surface area contributed by atoms with Gasteiger partial charge in [0, 0.05) is 40.5 Å². The lowest BCUT2D eigenvalue weighted by molar-refractivity contribution is -0.127. The molecule has 110 valence electrons. The van der Waals surface area contributed by atoms with Crippen LogP contribution in [-0.4, -0.2) is 52.3 Å². The minimum absolute atomic E-state index is 0.0202. The Morgan fingerprint density at radius 2 is 1.37 bits per heavy atom. The molecule has 0 radical (unpaired) electrons. The largest absolute Gasteiger partial charge is 0.385 e. The quantitative estimate of drug-likeness (QED) is 0.546. The number of ether oxygens (including phenoxy) is 2. The fourth-order valence-electron chi connectivity index (χ4n) is 1.89. The third-order valence-corrected chi connectivity index (χ3v) is 3.11. The lowest BCUT2D eigenvalue weighted by Gasteiger charge is -2.05. The number of hydrogen-bond acceptors (Lipinski definition) is 4. The molecule has 2 N–H and O–H groups in total. The molecule has 1 rings (SSSR count). The summed E-state index contributed by atoms with van der Waals surface area (Å²) in [6.45, 7) is 2.47. The molecular weight excluding hydrogens is 248 g/mol. The number of carbonyl (C=O) groups excluding carboxylic acids is 2. The summed E-state index contributed by atoms with van der Waals surface area (Å²) in [5.74, 6) is -0.337. The van der Waals surface area contributed by atoms with Crippen molar-refractivity contribution in [2.45, 2.75) is 19.3 Å². The average Bonchev–Trinajstić information content (AvgIpc) is 3.20. The lowest BCUT2D eigenvalue weighted by Crippen LogP contribution is -2.31. The summed E-state index contributed by atoms with van der Waals surface area (Å²) >= 11 is 0. The van der Waals surface area contributed by atoms with Crippen LogP contribution in [0.4, 0.5) is 0 Å². The molecule has 6 nitrogen and oxygen atoms in total. The molecule has 19 heavy (non-hydrogen) atoms. The van der Waals surface area contributed by atoms with E-state index in [2.05, 4.69) is 10.6 Å². The maximum Gasteiger partial charge on any atom is 0.223 e. The highest BCUT2D eigenvalue weighted by Crippen LogP contribution is 2.38. The Kier molecular flexibility index (Phi) is 7.43. The molecule has 2 unspecified atom stereocenters. The summed E-state index contributed by atoms with van der Waals surface area (Å²) in [7, 11) is 3.26. The lowest BCUT2D eigenvalue weighted by atomic mass is 10.2. The first-order chi connectivity index (χ1) is 9.20. The van der Waals surface area contributed by atoms with E-state index in [0.717, 1.165) is 12.8 Å². The number of carbonyl (C=O) groups is 2. The van der Waals surface area contributed by atoms with E-state index in [1.165, 1.54) is 0 Å². The van der Waals surface area contributed by atoms with Gasteiger partial charge in [-0.3, -0.25) is 9.59 Å². The van der Waals surface area contributed by atoms with Gasteiger partial charge >= 0.3 is 0 Å². The zero-order valence-electron chi connectivity index (χ0n) is 11.7. The molecular formula is C13H24N2O4. The van der Waals surface area contributed by atoms with Crippen LogP contribution in [0, 0.1) is 11.8 Å². The van der Waals surface area contributed by atoms with Gasteiger partial charge in [0.15, 0.2) is 0 Å². The summed E-state index contributed by atoms with van der Waals surface area (Å²) in [5, 5.41) is 5.64. The van der Waals surface area contributed by atoms with Crippen molar-refractivity contribution in [3.63, 3.8) is 0 Å². The van der Waals surface area contributed by atoms with Crippen LogP contribution in [0.1, 0.15) is 19.3 Å². The zero-order valence-corrected chi connectivity index (χ0v) is 11.7. The van der Waals surface area contributed by atoms with Crippen LogP contribution in [0.3, 0.4) is 0 Å². The molecule has 0 saturated heterocycles. The summed E-state index contributed by atoms with van der Waals surface area (Å²) in [4.78, 5) is 23.4. The molecule has 0 spiro atoms. The summed E-state index contributed by atoms with van der Waals surface area (Å²) in [5.41, 5.74) is 0. The van der Waals surface area contributed by atoms with E-state index in [0.29, 0.717) is 32.7 Å². The van der Waals surface area contributed by atoms with Crippen molar-refractivity contribution in [1.82, 2.24) is 10.6 Å². The van der Waals surface area contributed by atoms with Gasteiger partial charge in [-0.05, 0) is 19.3 Å². The number of amides is 2. The van der Waals surface area contributed by atoms with Crippen molar-refractivity contribution >= 4 is 11.8 Å². The molecule has 0 bridgehead atoms. The monoisotopic (exact) mass is 272 g/mol. The van der Waals surface area contributed by atoms with Gasteiger partial charge in [0.25, 0.3) is 0 Å². The molecule has 0 aromatic rings. The minimum atomic E-state index is -0.148.